The van der Waals surface area contributed by atoms with Gasteiger partial charge in [-0.1, -0.05) is 34.7 Å². The summed E-state index contributed by atoms with van der Waals surface area (Å²) in [4.78, 5) is 0. The smallest absolute Gasteiger partial charge is 0.184 e. The maximum Gasteiger partial charge on any atom is 0.225 e. The molecule has 2 aromatic heterocycles. The number of hydrogen-bond donors (Lipinski definition) is 0. The van der Waals surface area contributed by atoms with Crippen molar-refractivity contribution in [1.29, 1.82) is 0 Å². The van der Waals surface area contributed by atoms with Crippen LogP contribution < -0.4 is 0 Å². The molecule has 20 heavy (non-hydrogen) atoms. The second-order valence-corrected chi connectivity index (χ2v) is 4.63. The van der Waals surface area contributed by atoms with Crippen molar-refractivity contribution in [3.63, 3.8) is 0 Å². The Hall–Kier alpha value is -2.67. The molecule has 0 radical (unpaired) electrons. The van der Waals surface area contributed by atoms with Crippen LogP contribution in [0.5, 0.6) is 0 Å². The van der Waals surface area contributed by atoms with Gasteiger partial charge in [0.2, 0.25) is 5.11 Å². The monoisotopic (exact) mass is 280 g/mol. The van der Waals surface area contributed by atoms with Crippen LogP contribution in [0.15, 0.2) is 48.5 Å². The van der Waals surface area contributed by atoms with Crippen LogP contribution in [0.1, 0.15) is 0 Å². The number of fused-ring (bicyclic) bond motifs is 2. The third-order valence-electron chi connectivity index (χ3n) is 3.07. The molecule has 2 aromatic carbocycles. The number of nitrogens with zero attached hydrogens (tertiary/aromatic N) is 6. The van der Waals surface area contributed by atoms with Crippen molar-refractivity contribution in [1.82, 2.24) is 30.0 Å². The Morgan fingerprint density at radius 1 is 0.750 bits per heavy atom. The minimum Gasteiger partial charge on any atom is -0.184 e. The summed E-state index contributed by atoms with van der Waals surface area (Å²) in [6.45, 7) is 0. The summed E-state index contributed by atoms with van der Waals surface area (Å²) in [5.41, 5.74) is 3.27. The van der Waals surface area contributed by atoms with Gasteiger partial charge in [0.05, 0.1) is 11.0 Å². The average Bonchev–Trinajstić information content (AvgIpc) is 3.11. The van der Waals surface area contributed by atoms with E-state index in [-0.39, 0.29) is 0 Å². The Morgan fingerprint density at radius 3 is 1.70 bits per heavy atom. The molecule has 0 saturated carbocycles. The number of para-hydroxylation sites is 2. The predicted octanol–water partition coefficient (Wildman–Crippen LogP) is 1.86. The van der Waals surface area contributed by atoms with E-state index in [0.29, 0.717) is 5.11 Å². The maximum absolute atomic E-state index is 5.47. The number of benzene rings is 2. The summed E-state index contributed by atoms with van der Waals surface area (Å²) in [6, 6.07) is 15.3. The normalized spacial score (nSPS) is 11.2. The third kappa shape index (κ3) is 1.53. The lowest BCUT2D eigenvalue weighted by molar-refractivity contribution is 0.790. The number of thiocarbonyl (C=S) groups is 1. The van der Waals surface area contributed by atoms with Crippen LogP contribution in [0.2, 0.25) is 0 Å². The lowest BCUT2D eigenvalue weighted by atomic mass is 10.3. The molecule has 4 rings (SSSR count). The van der Waals surface area contributed by atoms with E-state index in [1.807, 2.05) is 48.5 Å². The molecule has 96 valence electrons. The summed E-state index contributed by atoms with van der Waals surface area (Å²) in [5.74, 6) is 0. The Balaban J connectivity index is 1.92. The van der Waals surface area contributed by atoms with Gasteiger partial charge in [0.25, 0.3) is 0 Å². The van der Waals surface area contributed by atoms with Crippen LogP contribution in [0.25, 0.3) is 22.1 Å². The summed E-state index contributed by atoms with van der Waals surface area (Å²) in [6.07, 6.45) is 0. The Kier molecular flexibility index (Phi) is 2.33. The van der Waals surface area contributed by atoms with Crippen LogP contribution in [-0.4, -0.2) is 35.1 Å². The standard InChI is InChI=1S/C13H8N6S/c20-13(18-11-7-3-1-5-9(11)14-16-18)19-12-8-4-2-6-10(12)15-17-19/h1-8H. The van der Waals surface area contributed by atoms with E-state index in [2.05, 4.69) is 20.6 Å². The van der Waals surface area contributed by atoms with Crippen LogP contribution >= 0.6 is 12.2 Å². The van der Waals surface area contributed by atoms with Crippen molar-refractivity contribution in [3.05, 3.63) is 48.5 Å². The molecular formula is C13H8N6S. The summed E-state index contributed by atoms with van der Waals surface area (Å²) in [5, 5.41) is 16.8. The highest BCUT2D eigenvalue weighted by molar-refractivity contribution is 7.80. The molecule has 0 aliphatic rings. The first kappa shape index (κ1) is 11.2. The van der Waals surface area contributed by atoms with E-state index in [1.54, 1.807) is 9.36 Å². The first-order valence-electron chi connectivity index (χ1n) is 6.00. The Morgan fingerprint density at radius 2 is 1.20 bits per heavy atom. The molecule has 0 amide bonds. The topological polar surface area (TPSA) is 61.4 Å². The molecule has 0 atom stereocenters. The highest BCUT2D eigenvalue weighted by Gasteiger charge is 2.13. The predicted molar refractivity (Wildman–Crippen MR) is 78.5 cm³/mol. The first-order valence-corrected chi connectivity index (χ1v) is 6.41. The van der Waals surface area contributed by atoms with Crippen molar-refractivity contribution >= 4 is 39.4 Å². The first-order chi connectivity index (χ1) is 9.84. The lowest BCUT2D eigenvalue weighted by Crippen LogP contribution is -2.21. The molecule has 0 saturated heterocycles. The van der Waals surface area contributed by atoms with Gasteiger partial charge in [-0.05, 0) is 36.5 Å². The zero-order valence-corrected chi connectivity index (χ0v) is 11.0. The molecule has 0 spiro atoms. The zero-order chi connectivity index (χ0) is 13.5. The van der Waals surface area contributed by atoms with Gasteiger partial charge in [-0.15, -0.1) is 10.2 Å². The molecule has 4 aromatic rings. The van der Waals surface area contributed by atoms with Gasteiger partial charge in [-0.3, -0.25) is 0 Å². The van der Waals surface area contributed by atoms with Gasteiger partial charge >= 0.3 is 0 Å². The van der Waals surface area contributed by atoms with E-state index in [0.717, 1.165) is 22.1 Å². The van der Waals surface area contributed by atoms with E-state index >= 15 is 0 Å². The van der Waals surface area contributed by atoms with E-state index < -0.39 is 0 Å². The van der Waals surface area contributed by atoms with Crippen LogP contribution in [0.3, 0.4) is 0 Å². The molecule has 0 aliphatic heterocycles. The van der Waals surface area contributed by atoms with Crippen molar-refractivity contribution in [3.8, 4) is 0 Å². The fourth-order valence-corrected chi connectivity index (χ4v) is 2.38. The SMILES string of the molecule is S=C(n1nnc2ccccc21)n1nnc2ccccc21. The molecule has 0 unspecified atom stereocenters. The van der Waals surface area contributed by atoms with Crippen molar-refractivity contribution in [2.75, 3.05) is 0 Å². The summed E-state index contributed by atoms with van der Waals surface area (Å²) >= 11 is 5.47. The lowest BCUT2D eigenvalue weighted by Gasteiger charge is -2.04. The molecule has 7 heteroatoms. The number of aromatic nitrogens is 6. The second kappa shape index (κ2) is 4.17. The molecule has 0 bridgehead atoms. The largest absolute Gasteiger partial charge is 0.225 e. The van der Waals surface area contributed by atoms with E-state index in [1.165, 1.54) is 0 Å². The molecule has 6 nitrogen and oxygen atoms in total. The summed E-state index contributed by atoms with van der Waals surface area (Å²) in [7, 11) is 0. The molecule has 0 N–H and O–H groups in total. The third-order valence-corrected chi connectivity index (χ3v) is 3.41. The molecular weight excluding hydrogens is 272 g/mol. The Labute approximate surface area is 118 Å². The van der Waals surface area contributed by atoms with Gasteiger partial charge in [0.1, 0.15) is 11.0 Å². The molecule has 0 aliphatic carbocycles. The zero-order valence-electron chi connectivity index (χ0n) is 10.2. The fraction of sp³-hybridized carbons (Fsp3) is 0. The number of rotatable bonds is 0. The fourth-order valence-electron chi connectivity index (χ4n) is 2.11. The second-order valence-electron chi connectivity index (χ2n) is 4.26. The average molecular weight is 280 g/mol. The highest BCUT2D eigenvalue weighted by atomic mass is 32.1. The van der Waals surface area contributed by atoms with Crippen molar-refractivity contribution < 1.29 is 0 Å². The highest BCUT2D eigenvalue weighted by Crippen LogP contribution is 2.13. The maximum atomic E-state index is 5.47. The van der Waals surface area contributed by atoms with Crippen molar-refractivity contribution in [2.24, 2.45) is 0 Å². The summed E-state index contributed by atoms with van der Waals surface area (Å²) < 4.78 is 3.18. The quantitative estimate of drug-likeness (QED) is 0.460. The number of hydrogen-bond acceptors (Lipinski definition) is 5. The van der Waals surface area contributed by atoms with Gasteiger partial charge < -0.3 is 0 Å². The van der Waals surface area contributed by atoms with Gasteiger partial charge in [0, 0.05) is 0 Å². The van der Waals surface area contributed by atoms with Gasteiger partial charge in [-0.2, -0.15) is 9.36 Å². The Bertz CT molecular complexity index is 862. The van der Waals surface area contributed by atoms with E-state index in [9.17, 15) is 0 Å². The van der Waals surface area contributed by atoms with Gasteiger partial charge in [0.15, 0.2) is 0 Å². The van der Waals surface area contributed by atoms with Crippen LogP contribution in [-0.2, 0) is 0 Å². The minimum atomic E-state index is 0.424. The molecule has 2 heterocycles. The van der Waals surface area contributed by atoms with Crippen molar-refractivity contribution in [2.45, 2.75) is 0 Å². The van der Waals surface area contributed by atoms with E-state index in [4.69, 9.17) is 12.2 Å². The molecule has 0 fully saturated rings. The van der Waals surface area contributed by atoms with Gasteiger partial charge in [-0.25, -0.2) is 0 Å². The minimum absolute atomic E-state index is 0.424. The van der Waals surface area contributed by atoms with Crippen LogP contribution in [0, 0.1) is 0 Å². The van der Waals surface area contributed by atoms with Crippen LogP contribution in [0.4, 0.5) is 0 Å².